The maximum atomic E-state index is 13.2. The molecule has 1 aliphatic heterocycles. The summed E-state index contributed by atoms with van der Waals surface area (Å²) in [4.78, 5) is 22.6. The largest absolute Gasteiger partial charge is 0.484 e. The van der Waals surface area contributed by atoms with Crippen LogP contribution in [0.15, 0.2) is 53.5 Å². The molecule has 1 N–H and O–H groups in total. The van der Waals surface area contributed by atoms with E-state index in [1.165, 1.54) is 17.0 Å². The van der Waals surface area contributed by atoms with Crippen molar-refractivity contribution in [1.29, 1.82) is 0 Å². The highest BCUT2D eigenvalue weighted by Gasteiger charge is 2.20. The lowest BCUT2D eigenvalue weighted by molar-refractivity contribution is -0.130. The van der Waals surface area contributed by atoms with E-state index in [4.69, 9.17) is 9.73 Å². The SMILES string of the molecule is CCNC(=NCc1cccc(OCC(=O)N(C)C)c1)N1CCN(c2ccc(F)cc2)CC1. The second-order valence-corrected chi connectivity index (χ2v) is 7.84. The van der Waals surface area contributed by atoms with Crippen molar-refractivity contribution in [3.05, 3.63) is 59.9 Å². The standard InChI is InChI=1S/C24H32FN5O2/c1-4-26-24(30-14-12-29(13-15-30)21-10-8-20(25)9-11-21)27-17-19-6-5-7-22(16-19)32-18-23(31)28(2)3/h5-11,16H,4,12-15,17-18H2,1-3H3,(H,26,27). The van der Waals surface area contributed by atoms with Crippen molar-refractivity contribution in [3.63, 3.8) is 0 Å². The summed E-state index contributed by atoms with van der Waals surface area (Å²) in [7, 11) is 3.41. The van der Waals surface area contributed by atoms with Gasteiger partial charge in [0.05, 0.1) is 6.54 Å². The summed E-state index contributed by atoms with van der Waals surface area (Å²) in [6.45, 7) is 6.73. The summed E-state index contributed by atoms with van der Waals surface area (Å²) in [5.41, 5.74) is 2.05. The number of benzene rings is 2. The van der Waals surface area contributed by atoms with Crippen LogP contribution in [0.1, 0.15) is 12.5 Å². The molecule has 8 heteroatoms. The summed E-state index contributed by atoms with van der Waals surface area (Å²) in [6.07, 6.45) is 0. The molecule has 0 aliphatic carbocycles. The Hall–Kier alpha value is -3.29. The van der Waals surface area contributed by atoms with Crippen molar-refractivity contribution in [1.82, 2.24) is 15.1 Å². The van der Waals surface area contributed by atoms with E-state index >= 15 is 0 Å². The third-order valence-corrected chi connectivity index (χ3v) is 5.28. The number of hydrogen-bond donors (Lipinski definition) is 1. The zero-order valence-electron chi connectivity index (χ0n) is 19.1. The van der Waals surface area contributed by atoms with Gasteiger partial charge in [0.25, 0.3) is 5.91 Å². The Labute approximate surface area is 189 Å². The highest BCUT2D eigenvalue weighted by Crippen LogP contribution is 2.18. The minimum absolute atomic E-state index is 0.0146. The predicted molar refractivity (Wildman–Crippen MR) is 126 cm³/mol. The highest BCUT2D eigenvalue weighted by molar-refractivity contribution is 5.80. The number of guanidine groups is 1. The molecule has 172 valence electrons. The van der Waals surface area contributed by atoms with E-state index in [0.717, 1.165) is 49.9 Å². The summed E-state index contributed by atoms with van der Waals surface area (Å²) in [6, 6.07) is 14.3. The van der Waals surface area contributed by atoms with Crippen molar-refractivity contribution in [3.8, 4) is 5.75 Å². The van der Waals surface area contributed by atoms with Gasteiger partial charge in [-0.05, 0) is 48.9 Å². The van der Waals surface area contributed by atoms with Crippen molar-refractivity contribution in [2.75, 3.05) is 58.3 Å². The summed E-state index contributed by atoms with van der Waals surface area (Å²) >= 11 is 0. The normalized spacial score (nSPS) is 14.3. The maximum Gasteiger partial charge on any atom is 0.259 e. The fourth-order valence-corrected chi connectivity index (χ4v) is 3.43. The zero-order valence-corrected chi connectivity index (χ0v) is 19.1. The molecule has 0 atom stereocenters. The molecular formula is C24H32FN5O2. The van der Waals surface area contributed by atoms with Gasteiger partial charge in [0.15, 0.2) is 12.6 Å². The number of amides is 1. The Balaban J connectivity index is 1.59. The van der Waals surface area contributed by atoms with Crippen LogP contribution in [0.5, 0.6) is 5.75 Å². The molecule has 1 saturated heterocycles. The number of anilines is 1. The molecule has 2 aromatic rings. The number of nitrogens with zero attached hydrogens (tertiary/aromatic N) is 4. The van der Waals surface area contributed by atoms with Gasteiger partial charge in [0.2, 0.25) is 0 Å². The zero-order chi connectivity index (χ0) is 22.9. The van der Waals surface area contributed by atoms with Crippen LogP contribution in [0.3, 0.4) is 0 Å². The maximum absolute atomic E-state index is 13.2. The molecule has 0 spiro atoms. The Morgan fingerprint density at radius 3 is 2.50 bits per heavy atom. The molecule has 0 aromatic heterocycles. The number of likely N-dealkylation sites (N-methyl/N-ethyl adjacent to an activating group) is 1. The van der Waals surface area contributed by atoms with Crippen LogP contribution < -0.4 is 15.0 Å². The van der Waals surface area contributed by atoms with Gasteiger partial charge in [-0.25, -0.2) is 9.38 Å². The number of rotatable bonds is 7. The molecule has 2 aromatic carbocycles. The molecule has 1 aliphatic rings. The van der Waals surface area contributed by atoms with E-state index in [0.29, 0.717) is 12.3 Å². The van der Waals surface area contributed by atoms with Crippen LogP contribution in [0.2, 0.25) is 0 Å². The molecule has 3 rings (SSSR count). The number of ether oxygens (including phenoxy) is 1. The van der Waals surface area contributed by atoms with Gasteiger partial charge in [-0.3, -0.25) is 4.79 Å². The summed E-state index contributed by atoms with van der Waals surface area (Å²) in [5.74, 6) is 1.24. The van der Waals surface area contributed by atoms with Crippen molar-refractivity contribution >= 4 is 17.6 Å². The molecule has 0 saturated carbocycles. The van der Waals surface area contributed by atoms with Gasteiger partial charge in [-0.2, -0.15) is 0 Å². The summed E-state index contributed by atoms with van der Waals surface area (Å²) in [5, 5.41) is 3.38. The highest BCUT2D eigenvalue weighted by atomic mass is 19.1. The molecule has 1 heterocycles. The fourth-order valence-electron chi connectivity index (χ4n) is 3.43. The van der Waals surface area contributed by atoms with Crippen LogP contribution >= 0.6 is 0 Å². The van der Waals surface area contributed by atoms with Gasteiger partial charge >= 0.3 is 0 Å². The van der Waals surface area contributed by atoms with Gasteiger partial charge in [-0.15, -0.1) is 0 Å². The first-order chi connectivity index (χ1) is 15.5. The number of halogens is 1. The number of carbonyl (C=O) groups is 1. The van der Waals surface area contributed by atoms with Crippen LogP contribution in [0.4, 0.5) is 10.1 Å². The van der Waals surface area contributed by atoms with Gasteiger partial charge < -0.3 is 24.8 Å². The predicted octanol–water partition coefficient (Wildman–Crippen LogP) is 2.58. The second-order valence-electron chi connectivity index (χ2n) is 7.84. The van der Waals surface area contributed by atoms with Crippen LogP contribution in [-0.4, -0.2) is 75.1 Å². The van der Waals surface area contributed by atoms with Crippen LogP contribution in [0.25, 0.3) is 0 Å². The van der Waals surface area contributed by atoms with E-state index in [-0.39, 0.29) is 18.3 Å². The first-order valence-electron chi connectivity index (χ1n) is 10.9. The molecule has 32 heavy (non-hydrogen) atoms. The van der Waals surface area contributed by atoms with E-state index in [1.54, 1.807) is 14.1 Å². The number of carbonyl (C=O) groups excluding carboxylic acids is 1. The Bertz CT molecular complexity index is 909. The van der Waals surface area contributed by atoms with Crippen molar-refractivity contribution < 1.29 is 13.9 Å². The van der Waals surface area contributed by atoms with Gasteiger partial charge in [0.1, 0.15) is 11.6 Å². The number of hydrogen-bond acceptors (Lipinski definition) is 4. The number of nitrogens with one attached hydrogen (secondary N) is 1. The topological polar surface area (TPSA) is 60.4 Å². The average molecular weight is 442 g/mol. The van der Waals surface area contributed by atoms with E-state index in [1.807, 2.05) is 36.4 Å². The van der Waals surface area contributed by atoms with E-state index < -0.39 is 0 Å². The monoisotopic (exact) mass is 441 g/mol. The third kappa shape index (κ3) is 6.60. The molecule has 1 fully saturated rings. The van der Waals surface area contributed by atoms with Gasteiger partial charge in [0, 0.05) is 52.5 Å². The summed E-state index contributed by atoms with van der Waals surface area (Å²) < 4.78 is 18.8. The molecule has 0 bridgehead atoms. The fraction of sp³-hybridized carbons (Fsp3) is 0.417. The number of piperazine rings is 1. The molecule has 1 amide bonds. The lowest BCUT2D eigenvalue weighted by atomic mass is 10.2. The minimum atomic E-state index is -0.215. The Morgan fingerprint density at radius 2 is 1.84 bits per heavy atom. The quantitative estimate of drug-likeness (QED) is 0.529. The first-order valence-corrected chi connectivity index (χ1v) is 10.9. The minimum Gasteiger partial charge on any atom is -0.484 e. The lowest BCUT2D eigenvalue weighted by Gasteiger charge is -2.37. The smallest absolute Gasteiger partial charge is 0.259 e. The molecule has 7 nitrogen and oxygen atoms in total. The second kappa shape index (κ2) is 11.4. The van der Waals surface area contributed by atoms with Gasteiger partial charge in [-0.1, -0.05) is 12.1 Å². The van der Waals surface area contributed by atoms with Crippen LogP contribution in [-0.2, 0) is 11.3 Å². The first kappa shape index (κ1) is 23.4. The van der Waals surface area contributed by atoms with E-state index in [9.17, 15) is 9.18 Å². The lowest BCUT2D eigenvalue weighted by Crippen LogP contribution is -2.52. The average Bonchev–Trinajstić information content (AvgIpc) is 2.81. The molecule has 0 unspecified atom stereocenters. The third-order valence-electron chi connectivity index (χ3n) is 5.28. The molecular weight excluding hydrogens is 409 g/mol. The Kier molecular flexibility index (Phi) is 8.30. The van der Waals surface area contributed by atoms with Crippen LogP contribution in [0, 0.1) is 5.82 Å². The number of aliphatic imine (C=N–C) groups is 1. The van der Waals surface area contributed by atoms with E-state index in [2.05, 4.69) is 22.0 Å². The van der Waals surface area contributed by atoms with Crippen molar-refractivity contribution in [2.24, 2.45) is 4.99 Å². The molecule has 0 radical (unpaired) electrons. The van der Waals surface area contributed by atoms with Crippen molar-refractivity contribution in [2.45, 2.75) is 13.5 Å². The Morgan fingerprint density at radius 1 is 1.12 bits per heavy atom.